The Morgan fingerprint density at radius 1 is 0.259 bits per heavy atom. The number of hydrogen-bond acceptors (Lipinski definition) is 17. The number of ether oxygens (including phenoxy) is 4. The number of benzene rings is 8. The third-order valence-corrected chi connectivity index (χ3v) is 21.9. The molecule has 0 spiro atoms. The van der Waals surface area contributed by atoms with Gasteiger partial charge >= 0.3 is 46.9 Å². The van der Waals surface area contributed by atoms with Crippen LogP contribution in [0.5, 0.6) is 11.5 Å². The van der Waals surface area contributed by atoms with E-state index in [-0.39, 0.29) is 160 Å². The summed E-state index contributed by atoms with van der Waals surface area (Å²) in [5.74, 6) is -0.101. The molecule has 12 rings (SSSR count). The number of aryl methyl sites for hydroxylation is 2. The van der Waals surface area contributed by atoms with Crippen LogP contribution in [0.2, 0.25) is 0 Å². The summed E-state index contributed by atoms with van der Waals surface area (Å²) in [4.78, 5) is 42.5. The molecule has 0 aliphatic heterocycles. The third kappa shape index (κ3) is 56.8. The van der Waals surface area contributed by atoms with Gasteiger partial charge in [-0.1, -0.05) is 305 Å². The first kappa shape index (κ1) is 165. The van der Waals surface area contributed by atoms with E-state index in [1.165, 1.54) is 102 Å². The molecule has 17 nitrogen and oxygen atoms in total. The van der Waals surface area contributed by atoms with E-state index in [9.17, 15) is 89.1 Å². The Morgan fingerprint density at radius 2 is 0.396 bits per heavy atom. The molecule has 786 valence electrons. The van der Waals surface area contributed by atoms with Crippen LogP contribution in [0.25, 0.3) is 0 Å². The van der Waals surface area contributed by atoms with Gasteiger partial charge in [-0.3, -0.25) is 0 Å². The van der Waals surface area contributed by atoms with Gasteiger partial charge in [0.05, 0.1) is 25.1 Å². The van der Waals surface area contributed by atoms with Crippen LogP contribution in [0.4, 0.5) is 39.5 Å². The summed E-state index contributed by atoms with van der Waals surface area (Å²) in [6, 6.07) is 61.2. The Bertz CT molecular complexity index is 4210. The van der Waals surface area contributed by atoms with Gasteiger partial charge in [-0.2, -0.15) is 136 Å². The molecule has 0 saturated heterocycles. The van der Waals surface area contributed by atoms with Crippen LogP contribution in [0.1, 0.15) is 329 Å². The van der Waals surface area contributed by atoms with Crippen LogP contribution in [-0.2, 0) is 225 Å². The van der Waals surface area contributed by atoms with Crippen LogP contribution < -0.4 is 4.18 Å². The van der Waals surface area contributed by atoms with Gasteiger partial charge < -0.3 is 47.4 Å². The van der Waals surface area contributed by atoms with Gasteiger partial charge in [0, 0.05) is 209 Å². The topological polar surface area (TPSA) is 246 Å². The van der Waals surface area contributed by atoms with Crippen molar-refractivity contribution in [3.05, 3.63) is 272 Å². The molecule has 1 N–H and O–H groups in total. The summed E-state index contributed by atoms with van der Waals surface area (Å²) < 4.78 is 190. The number of phenols is 1. The van der Waals surface area contributed by atoms with E-state index in [4.69, 9.17) is 0 Å². The molecule has 0 aromatic heterocycles. The molecule has 8 aromatic carbocycles. The number of carbonyl (C=O) groups excluding carboxylic acids is 4. The minimum absolute atomic E-state index is 0. The fourth-order valence-electron chi connectivity index (χ4n) is 12.3. The van der Waals surface area contributed by atoms with E-state index in [1.807, 2.05) is 268 Å². The summed E-state index contributed by atoms with van der Waals surface area (Å²) in [7, 11) is -6.38. The van der Waals surface area contributed by atoms with Gasteiger partial charge in [0.2, 0.25) is 0 Å². The van der Waals surface area contributed by atoms with Gasteiger partial charge in [0.1, 0.15) is 11.5 Å². The first-order valence-corrected chi connectivity index (χ1v) is 49.9. The quantitative estimate of drug-likeness (QED) is 0.0409. The molecule has 4 saturated carbocycles. The maximum absolute atomic E-state index is 12.4. The van der Waals surface area contributed by atoms with E-state index in [0.29, 0.717) is 28.0 Å². The van der Waals surface area contributed by atoms with E-state index in [0.717, 1.165) is 43.2 Å². The van der Waals surface area contributed by atoms with Crippen molar-refractivity contribution in [3.8, 4) is 11.5 Å². The molecule has 0 amide bonds. The minimum atomic E-state index is -6.85. The molecule has 33 heteroatoms. The Hall–Kier alpha value is -4.52. The maximum Gasteiger partial charge on any atom is 0.534 e. The number of hydrogen-bond donors (Lipinski definition) is 1. The van der Waals surface area contributed by atoms with Crippen molar-refractivity contribution in [2.45, 2.75) is 303 Å². The molecule has 0 heterocycles. The van der Waals surface area contributed by atoms with Gasteiger partial charge in [-0.15, -0.1) is 52.2 Å². The molecule has 4 radical (unpaired) electrons. The zero-order chi connectivity index (χ0) is 106. The van der Waals surface area contributed by atoms with Crippen molar-refractivity contribution in [3.63, 3.8) is 0 Å². The average molecular weight is 2330 g/mol. The van der Waals surface area contributed by atoms with Gasteiger partial charge in [0.15, 0.2) is 0 Å². The Labute approximate surface area is 935 Å². The van der Waals surface area contributed by atoms with Crippen LogP contribution in [0.15, 0.2) is 194 Å². The van der Waals surface area contributed by atoms with Gasteiger partial charge in [0.25, 0.3) is 0 Å². The molecule has 4 aliphatic rings. The molecule has 139 heavy (non-hydrogen) atoms. The second-order valence-electron chi connectivity index (χ2n) is 25.7. The number of methoxy groups -OCH3 is 4. The fourth-order valence-corrected chi connectivity index (χ4v) is 14.3. The van der Waals surface area contributed by atoms with Crippen LogP contribution >= 0.6 is 0 Å². The number of rotatable bonds is 16. The largest absolute Gasteiger partial charge is 0.534 e. The summed E-state index contributed by atoms with van der Waals surface area (Å²) in [5.41, 5.74) is -3.31. The molecule has 4 aliphatic carbocycles. The number of halogens is 9. The summed E-state index contributed by atoms with van der Waals surface area (Å²) in [5, 5.41) is 9.41. The minimum Gasteiger partial charge on any atom is -0.508 e. The first-order valence-electron chi connectivity index (χ1n) is 45.7. The number of aromatic hydroxyl groups is 1. The maximum atomic E-state index is 12.4. The van der Waals surface area contributed by atoms with E-state index in [1.54, 1.807) is 93.3 Å². The monoisotopic (exact) mass is 2330 g/mol. The van der Waals surface area contributed by atoms with Crippen molar-refractivity contribution in [1.82, 2.24) is 0 Å². The standard InChI is InChI=1S/C18H14F3O4S.2C18H17O.C17H15O2.C2F6O5S2.4C2H6O.12C2H6.CH4.4Y/c19-18(20,21)26(23,24)25-16-8-6-15(7-9-16)17(10-1-11-17)14-4-2-13(12-22)3-5-14;2*1-14-3-7-16(8-4-14)18(11-2-12-18)17-9-5-15(13-19)6-10-17;18-12-13-2-4-14(5-3-13)17(10-1-11-17)15-6-8-16(19)9-7-15;3-1(4,5)14(9,10)13-15(11,12)2(6,7)8;4*1-3-2;12*1-2;;;;;/h2-9H,1,10-11H2;2*3-10H,2,11-12H2,1H3;2-9,19H,1,10-11H2;;4*1-2H3;12*1-2H3;1H4;;;;/q4*-1;;;;;;;;;;;;;;;;;;;;;;. The second-order valence-corrected chi connectivity index (χ2v) is 30.6. The summed E-state index contributed by atoms with van der Waals surface area (Å²) in [6.07, 6.45) is 21.0. The smallest absolute Gasteiger partial charge is 0.508 e. The van der Waals surface area contributed by atoms with Crippen molar-refractivity contribution >= 4 is 55.5 Å². The number of alkyl halides is 9. The molecular formula is C106H163F9O17S3Y4-4. The molecule has 4 fully saturated rings. The average Bonchev–Trinajstić information content (AvgIpc) is 0.747. The molecule has 8 aromatic rings. The van der Waals surface area contributed by atoms with E-state index < -0.39 is 52.6 Å². The SMILES string of the molecule is C.CC.CC.CC.CC.CC.CC.CC.CC.CC.CC.CC.CC.COC.COC.COC.COC.Cc1ccc(C2(c3ccc([C-]=O)cc3)CCC2)cc1.Cc1ccc(C2(c3ccc([C-]=O)cc3)CCC2)cc1.O=S(=O)(OS(=O)(=O)C(F)(F)F)C(F)(F)F.O=[C-]c1ccc(C2(c3ccc(O)cc3)CCC2)cc1.O=[C-]c1ccc(C2(c3ccc(OS(=O)(=O)C(F)(F)F)cc3)CCC2)cc1.[Y].[Y].[Y].[Y]. The van der Waals surface area contributed by atoms with Crippen LogP contribution in [0, 0.1) is 13.8 Å². The van der Waals surface area contributed by atoms with Crippen molar-refractivity contribution < 1.29 is 247 Å². The Balaban J connectivity index is -0.000000108. The van der Waals surface area contributed by atoms with Crippen molar-refractivity contribution in [2.75, 3.05) is 56.9 Å². The predicted octanol–water partition coefficient (Wildman–Crippen LogP) is 29.7. The van der Waals surface area contributed by atoms with Crippen molar-refractivity contribution in [1.29, 1.82) is 0 Å². The summed E-state index contributed by atoms with van der Waals surface area (Å²) >= 11 is 0. The van der Waals surface area contributed by atoms with Gasteiger partial charge in [-0.05, 0) is 112 Å². The fraction of sp³-hybridized carbons (Fsp3) is 0.509. The Morgan fingerprint density at radius 3 is 0.525 bits per heavy atom. The molecule has 0 unspecified atom stereocenters. The summed E-state index contributed by atoms with van der Waals surface area (Å²) in [6.45, 7) is 52.2. The van der Waals surface area contributed by atoms with E-state index >= 15 is 0 Å². The van der Waals surface area contributed by atoms with Crippen molar-refractivity contribution in [2.24, 2.45) is 0 Å². The predicted molar refractivity (Wildman–Crippen MR) is 542 cm³/mol. The normalized spacial score (nSPS) is 12.6. The van der Waals surface area contributed by atoms with Gasteiger partial charge in [-0.25, -0.2) is 0 Å². The third-order valence-electron chi connectivity index (χ3n) is 18.3. The van der Waals surface area contributed by atoms with Crippen LogP contribution in [0.3, 0.4) is 0 Å². The zero-order valence-electron chi connectivity index (χ0n) is 88.4. The Kier molecular flexibility index (Phi) is 112. The number of phenolic OH excluding ortho intramolecular Hbond substituents is 1. The molecular weight excluding hydrogens is 2170 g/mol. The molecule has 0 atom stereocenters. The molecule has 0 bridgehead atoms. The second kappa shape index (κ2) is 94.5. The van der Waals surface area contributed by atoms with E-state index in [2.05, 4.69) is 110 Å². The zero-order valence-corrected chi connectivity index (χ0v) is 102. The van der Waals surface area contributed by atoms with Crippen LogP contribution in [-0.4, -0.2) is 129 Å². The first-order chi connectivity index (χ1) is 63.8.